The number of aromatic nitrogens is 5. The smallest absolute Gasteiger partial charge is 0.322 e. The van der Waals surface area contributed by atoms with Crippen LogP contribution in [0.2, 0.25) is 0 Å². The lowest BCUT2D eigenvalue weighted by atomic mass is 10.0. The van der Waals surface area contributed by atoms with E-state index >= 15 is 0 Å². The first-order valence-corrected chi connectivity index (χ1v) is 7.92. The Hall–Kier alpha value is -3.30. The van der Waals surface area contributed by atoms with Gasteiger partial charge in [-0.2, -0.15) is 13.9 Å². The summed E-state index contributed by atoms with van der Waals surface area (Å²) in [5.41, 5.74) is 1.11. The Labute approximate surface area is 152 Å². The maximum Gasteiger partial charge on any atom is 0.333 e. The first-order valence-electron chi connectivity index (χ1n) is 7.92. The van der Waals surface area contributed by atoms with Gasteiger partial charge in [-0.05, 0) is 37.3 Å². The summed E-state index contributed by atoms with van der Waals surface area (Å²) in [5.74, 6) is -4.39. The molecule has 6 nitrogen and oxygen atoms in total. The number of benzene rings is 1. The third-order valence-corrected chi connectivity index (χ3v) is 3.92. The van der Waals surface area contributed by atoms with Crippen LogP contribution in [0.1, 0.15) is 17.1 Å². The van der Waals surface area contributed by atoms with Crippen molar-refractivity contribution in [3.63, 3.8) is 0 Å². The molecule has 4 rings (SSSR count). The highest BCUT2D eigenvalue weighted by atomic mass is 19.3. The average molecular weight is 368 g/mol. The van der Waals surface area contributed by atoms with Gasteiger partial charge < -0.3 is 5.32 Å². The van der Waals surface area contributed by atoms with Gasteiger partial charge in [0.15, 0.2) is 11.6 Å². The molecule has 0 saturated carbocycles. The van der Waals surface area contributed by atoms with Crippen LogP contribution in [-0.2, 0) is 5.92 Å². The van der Waals surface area contributed by atoms with Gasteiger partial charge in [-0.1, -0.05) is 5.46 Å². The number of H-pyrrole nitrogens is 1. The lowest BCUT2D eigenvalue weighted by Gasteiger charge is -2.17. The van der Waals surface area contributed by atoms with E-state index in [1.807, 2.05) is 0 Å². The average Bonchev–Trinajstić information content (AvgIpc) is 3.20. The summed E-state index contributed by atoms with van der Waals surface area (Å²) < 4.78 is 44.2. The maximum atomic E-state index is 14.9. The van der Waals surface area contributed by atoms with Gasteiger partial charge in [0.1, 0.15) is 19.2 Å². The quantitative estimate of drug-likeness (QED) is 0.544. The van der Waals surface area contributed by atoms with Crippen LogP contribution in [0.5, 0.6) is 0 Å². The predicted molar refractivity (Wildman–Crippen MR) is 94.4 cm³/mol. The van der Waals surface area contributed by atoms with Crippen LogP contribution < -0.4 is 10.8 Å². The fraction of sp³-hybridized carbons (Fsp3) is 0.118. The SMILES string of the molecule is [B]c1cc2c(Nc3cc(C)[nH]n3)nc(C(F)(F)c3ccc(F)cc3)nn2c1. The fourth-order valence-corrected chi connectivity index (χ4v) is 2.64. The maximum absolute atomic E-state index is 14.9. The van der Waals surface area contributed by atoms with E-state index in [1.54, 1.807) is 19.1 Å². The van der Waals surface area contributed by atoms with Crippen molar-refractivity contribution in [2.45, 2.75) is 12.8 Å². The molecule has 0 amide bonds. The first kappa shape index (κ1) is 17.1. The zero-order chi connectivity index (χ0) is 19.2. The van der Waals surface area contributed by atoms with Crippen molar-refractivity contribution in [3.8, 4) is 0 Å². The molecule has 0 unspecified atom stereocenters. The summed E-state index contributed by atoms with van der Waals surface area (Å²) in [5, 5.41) is 13.5. The number of alkyl halides is 2. The van der Waals surface area contributed by atoms with Crippen LogP contribution in [0, 0.1) is 12.7 Å². The topological polar surface area (TPSA) is 70.9 Å². The Bertz CT molecular complexity index is 1120. The Kier molecular flexibility index (Phi) is 3.90. The summed E-state index contributed by atoms with van der Waals surface area (Å²) in [6.45, 7) is 1.80. The molecule has 0 aliphatic carbocycles. The number of nitrogens with zero attached hydrogens (tertiary/aromatic N) is 4. The van der Waals surface area contributed by atoms with Crippen LogP contribution in [0.15, 0.2) is 42.6 Å². The van der Waals surface area contributed by atoms with Crippen molar-refractivity contribution >= 4 is 30.5 Å². The molecular formula is C17H12BF3N6. The first-order chi connectivity index (χ1) is 12.8. The highest BCUT2D eigenvalue weighted by Gasteiger charge is 2.38. The minimum absolute atomic E-state index is 0.116. The molecule has 0 fully saturated rings. The van der Waals surface area contributed by atoms with E-state index in [0.29, 0.717) is 16.8 Å². The molecule has 4 aromatic rings. The molecule has 134 valence electrons. The molecule has 0 saturated heterocycles. The number of rotatable bonds is 4. The van der Waals surface area contributed by atoms with Gasteiger partial charge in [-0.3, -0.25) is 5.10 Å². The van der Waals surface area contributed by atoms with Crippen LogP contribution in [0.3, 0.4) is 0 Å². The van der Waals surface area contributed by atoms with Crippen molar-refractivity contribution in [1.82, 2.24) is 24.8 Å². The molecular weight excluding hydrogens is 356 g/mol. The van der Waals surface area contributed by atoms with Gasteiger partial charge >= 0.3 is 5.92 Å². The number of anilines is 2. The number of fused-ring (bicyclic) bond motifs is 1. The number of nitrogens with one attached hydrogen (secondary N) is 2. The van der Waals surface area contributed by atoms with Crippen molar-refractivity contribution in [2.24, 2.45) is 0 Å². The van der Waals surface area contributed by atoms with Crippen LogP contribution in [0.4, 0.5) is 24.8 Å². The molecule has 0 aliphatic rings. The zero-order valence-corrected chi connectivity index (χ0v) is 14.0. The molecule has 0 spiro atoms. The second kappa shape index (κ2) is 6.15. The molecule has 3 heterocycles. The van der Waals surface area contributed by atoms with E-state index in [2.05, 4.69) is 25.6 Å². The third-order valence-electron chi connectivity index (χ3n) is 3.92. The number of hydrogen-bond donors (Lipinski definition) is 2. The number of hydrogen-bond acceptors (Lipinski definition) is 4. The molecule has 2 radical (unpaired) electrons. The normalized spacial score (nSPS) is 11.9. The molecule has 27 heavy (non-hydrogen) atoms. The van der Waals surface area contributed by atoms with E-state index < -0.39 is 23.1 Å². The largest absolute Gasteiger partial charge is 0.333 e. The molecule has 3 aromatic heterocycles. The minimum Gasteiger partial charge on any atom is -0.322 e. The Morgan fingerprint density at radius 3 is 2.59 bits per heavy atom. The molecule has 0 atom stereocenters. The molecule has 0 aliphatic heterocycles. The van der Waals surface area contributed by atoms with Gasteiger partial charge in [-0.25, -0.2) is 13.9 Å². The number of halogens is 3. The predicted octanol–water partition coefficient (Wildman–Crippen LogP) is 2.58. The van der Waals surface area contributed by atoms with E-state index in [-0.39, 0.29) is 5.82 Å². The van der Waals surface area contributed by atoms with Gasteiger partial charge in [0.05, 0.1) is 0 Å². The molecule has 2 N–H and O–H groups in total. The number of aromatic amines is 1. The van der Waals surface area contributed by atoms with Crippen molar-refractivity contribution in [3.05, 3.63) is 65.5 Å². The lowest BCUT2D eigenvalue weighted by Crippen LogP contribution is -2.21. The lowest BCUT2D eigenvalue weighted by molar-refractivity contribution is 0.0315. The molecule has 0 bridgehead atoms. The van der Waals surface area contributed by atoms with Crippen LogP contribution in [0.25, 0.3) is 5.52 Å². The van der Waals surface area contributed by atoms with E-state index in [0.717, 1.165) is 30.0 Å². The molecule has 1 aromatic carbocycles. The second-order valence-electron chi connectivity index (χ2n) is 6.03. The summed E-state index contributed by atoms with van der Waals surface area (Å²) in [7, 11) is 5.78. The minimum atomic E-state index is -3.54. The second-order valence-corrected chi connectivity index (χ2v) is 6.03. The monoisotopic (exact) mass is 368 g/mol. The van der Waals surface area contributed by atoms with Crippen molar-refractivity contribution in [1.29, 1.82) is 0 Å². The highest BCUT2D eigenvalue weighted by Crippen LogP contribution is 2.34. The molecule has 10 heteroatoms. The van der Waals surface area contributed by atoms with Gasteiger partial charge in [0, 0.05) is 23.5 Å². The summed E-state index contributed by atoms with van der Waals surface area (Å²) in [6.07, 6.45) is 1.40. The van der Waals surface area contributed by atoms with Crippen molar-refractivity contribution < 1.29 is 13.2 Å². The zero-order valence-electron chi connectivity index (χ0n) is 14.0. The van der Waals surface area contributed by atoms with Crippen LogP contribution >= 0.6 is 0 Å². The van der Waals surface area contributed by atoms with E-state index in [1.165, 1.54) is 10.7 Å². The Morgan fingerprint density at radius 1 is 1.19 bits per heavy atom. The highest BCUT2D eigenvalue weighted by molar-refractivity contribution is 6.32. The van der Waals surface area contributed by atoms with Crippen LogP contribution in [-0.4, -0.2) is 32.6 Å². The summed E-state index contributed by atoms with van der Waals surface area (Å²) >= 11 is 0. The fourth-order valence-electron chi connectivity index (χ4n) is 2.64. The van der Waals surface area contributed by atoms with Gasteiger partial charge in [-0.15, -0.1) is 5.10 Å². The standard InChI is InChI=1S/C17H12BF3N6/c1-9-6-14(25-24-9)22-15-13-7-11(18)8-27(13)26-16(23-15)17(20,21)10-2-4-12(19)5-3-10/h2-8H,1H3,(H2,22,23,24,25,26). The summed E-state index contributed by atoms with van der Waals surface area (Å²) in [4.78, 5) is 3.99. The van der Waals surface area contributed by atoms with Crippen molar-refractivity contribution in [2.75, 3.05) is 5.32 Å². The number of aryl methyl sites for hydroxylation is 1. The van der Waals surface area contributed by atoms with Gasteiger partial charge in [0.2, 0.25) is 5.82 Å². The summed E-state index contributed by atoms with van der Waals surface area (Å²) in [6, 6.07) is 7.17. The Morgan fingerprint density at radius 2 is 1.93 bits per heavy atom. The third kappa shape index (κ3) is 3.14. The van der Waals surface area contributed by atoms with Gasteiger partial charge in [0.25, 0.3) is 0 Å². The van der Waals surface area contributed by atoms with E-state index in [9.17, 15) is 13.2 Å². The van der Waals surface area contributed by atoms with E-state index in [4.69, 9.17) is 7.85 Å². The Balaban J connectivity index is 1.84.